The average Bonchev–Trinajstić information content (AvgIpc) is 3.20. The van der Waals surface area contributed by atoms with Crippen LogP contribution in [0.5, 0.6) is 0 Å². The van der Waals surface area contributed by atoms with Crippen molar-refractivity contribution in [3.05, 3.63) is 83.8 Å². The number of carbonyl (C=O) groups excluding carboxylic acids is 1. The molecule has 6 nitrogen and oxygen atoms in total. The number of para-hydroxylation sites is 1. The number of fused-ring (bicyclic) bond motifs is 2. The van der Waals surface area contributed by atoms with Gasteiger partial charge in [0.25, 0.3) is 0 Å². The van der Waals surface area contributed by atoms with Crippen molar-refractivity contribution in [2.24, 2.45) is 0 Å². The monoisotopic (exact) mass is 397 g/mol. The van der Waals surface area contributed by atoms with Crippen LogP contribution in [0.1, 0.15) is 42.1 Å². The van der Waals surface area contributed by atoms with E-state index >= 15 is 0 Å². The number of anilines is 1. The maximum atomic E-state index is 12.4. The van der Waals surface area contributed by atoms with E-state index in [1.54, 1.807) is 0 Å². The van der Waals surface area contributed by atoms with Crippen molar-refractivity contribution in [2.75, 3.05) is 5.32 Å². The molecule has 0 aliphatic carbocycles. The van der Waals surface area contributed by atoms with Crippen molar-refractivity contribution in [3.63, 3.8) is 0 Å². The number of hydrogen-bond donors (Lipinski definition) is 1. The first-order valence-corrected chi connectivity index (χ1v) is 10.4. The molecule has 30 heavy (non-hydrogen) atoms. The molecule has 0 saturated carbocycles. The van der Waals surface area contributed by atoms with Gasteiger partial charge in [-0.05, 0) is 36.5 Å². The molecule has 150 valence electrons. The molecular weight excluding hydrogens is 374 g/mol. The fourth-order valence-corrected chi connectivity index (χ4v) is 4.20. The summed E-state index contributed by atoms with van der Waals surface area (Å²) in [6, 6.07) is 20.3. The van der Waals surface area contributed by atoms with E-state index in [2.05, 4.69) is 39.7 Å². The molecule has 1 unspecified atom stereocenters. The van der Waals surface area contributed by atoms with E-state index in [9.17, 15) is 4.79 Å². The van der Waals surface area contributed by atoms with Crippen LogP contribution in [0.2, 0.25) is 0 Å². The number of hydrogen-bond acceptors (Lipinski definition) is 4. The molecular formula is C24H23N5O. The molecule has 1 N–H and O–H groups in total. The van der Waals surface area contributed by atoms with Gasteiger partial charge in [0.2, 0.25) is 11.9 Å². The second kappa shape index (κ2) is 8.06. The molecule has 1 aliphatic heterocycles. The predicted octanol–water partition coefficient (Wildman–Crippen LogP) is 4.32. The standard InChI is InChI=1S/C24H23N5O/c30-21(14-13-17-7-2-1-3-8-17)26-24-27-23-20(12-6-16-29(23)28-24)19-11-4-9-18-10-5-15-25-22(18)19/h1-5,7-11,15,20H,6,12-14,16H2,(H,26,28,30). The van der Waals surface area contributed by atoms with Crippen molar-refractivity contribution in [1.29, 1.82) is 0 Å². The Labute approximate surface area is 175 Å². The molecule has 0 fully saturated rings. The van der Waals surface area contributed by atoms with Gasteiger partial charge < -0.3 is 0 Å². The predicted molar refractivity (Wildman–Crippen MR) is 116 cm³/mol. The number of pyridine rings is 1. The molecule has 3 heterocycles. The summed E-state index contributed by atoms with van der Waals surface area (Å²) in [4.78, 5) is 21.7. The SMILES string of the molecule is O=C(CCc1ccccc1)Nc1nc2n(n1)CCCC2c1cccc2cccnc12. The molecule has 2 aromatic heterocycles. The fourth-order valence-electron chi connectivity index (χ4n) is 4.20. The summed E-state index contributed by atoms with van der Waals surface area (Å²) in [6.07, 6.45) is 4.95. The van der Waals surface area contributed by atoms with E-state index in [1.807, 2.05) is 47.3 Å². The lowest BCUT2D eigenvalue weighted by atomic mass is 9.89. The van der Waals surface area contributed by atoms with Gasteiger partial charge in [-0.2, -0.15) is 4.98 Å². The zero-order valence-electron chi connectivity index (χ0n) is 16.7. The maximum Gasteiger partial charge on any atom is 0.249 e. The Kier molecular flexibility index (Phi) is 4.97. The summed E-state index contributed by atoms with van der Waals surface area (Å²) in [5.74, 6) is 1.35. The van der Waals surface area contributed by atoms with Crippen molar-refractivity contribution in [2.45, 2.75) is 38.1 Å². The average molecular weight is 397 g/mol. The zero-order chi connectivity index (χ0) is 20.3. The van der Waals surface area contributed by atoms with Gasteiger partial charge in [0.05, 0.1) is 5.52 Å². The first-order valence-electron chi connectivity index (χ1n) is 10.4. The summed E-state index contributed by atoms with van der Waals surface area (Å²) in [5, 5.41) is 8.56. The molecule has 1 atom stereocenters. The lowest BCUT2D eigenvalue weighted by molar-refractivity contribution is -0.116. The van der Waals surface area contributed by atoms with E-state index in [4.69, 9.17) is 4.98 Å². The molecule has 6 heteroatoms. The van der Waals surface area contributed by atoms with Crippen molar-refractivity contribution in [1.82, 2.24) is 19.7 Å². The number of carbonyl (C=O) groups is 1. The topological polar surface area (TPSA) is 72.7 Å². The molecule has 4 aromatic rings. The number of aryl methyl sites for hydroxylation is 2. The Morgan fingerprint density at radius 2 is 1.93 bits per heavy atom. The summed E-state index contributed by atoms with van der Waals surface area (Å²) in [6.45, 7) is 0.816. The van der Waals surface area contributed by atoms with Crippen LogP contribution in [0.15, 0.2) is 66.9 Å². The van der Waals surface area contributed by atoms with E-state index in [0.29, 0.717) is 18.8 Å². The first kappa shape index (κ1) is 18.5. The van der Waals surface area contributed by atoms with E-state index < -0.39 is 0 Å². The van der Waals surface area contributed by atoms with Crippen molar-refractivity contribution in [3.8, 4) is 0 Å². The Hall–Kier alpha value is -3.54. The van der Waals surface area contributed by atoms with Crippen LogP contribution in [0.25, 0.3) is 10.9 Å². The minimum absolute atomic E-state index is 0.0647. The highest BCUT2D eigenvalue weighted by Crippen LogP contribution is 2.35. The van der Waals surface area contributed by atoms with Gasteiger partial charge in [0.1, 0.15) is 5.82 Å². The number of rotatable bonds is 5. The van der Waals surface area contributed by atoms with Crippen molar-refractivity contribution >= 4 is 22.8 Å². The summed E-state index contributed by atoms with van der Waals surface area (Å²) >= 11 is 0. The lowest BCUT2D eigenvalue weighted by Gasteiger charge is -2.23. The molecule has 0 bridgehead atoms. The highest BCUT2D eigenvalue weighted by molar-refractivity contribution is 5.89. The van der Waals surface area contributed by atoms with Gasteiger partial charge in [-0.25, -0.2) is 4.68 Å². The van der Waals surface area contributed by atoms with Gasteiger partial charge in [-0.15, -0.1) is 5.10 Å². The zero-order valence-corrected chi connectivity index (χ0v) is 16.7. The third-order valence-electron chi connectivity index (χ3n) is 5.65. The highest BCUT2D eigenvalue weighted by Gasteiger charge is 2.27. The Balaban J connectivity index is 1.36. The van der Waals surface area contributed by atoms with E-state index in [-0.39, 0.29) is 11.8 Å². The van der Waals surface area contributed by atoms with Crippen LogP contribution in [0.4, 0.5) is 5.95 Å². The van der Waals surface area contributed by atoms with Crippen molar-refractivity contribution < 1.29 is 4.79 Å². The summed E-state index contributed by atoms with van der Waals surface area (Å²) in [5.41, 5.74) is 3.33. The van der Waals surface area contributed by atoms with Gasteiger partial charge in [-0.1, -0.05) is 54.6 Å². The molecule has 0 spiro atoms. The summed E-state index contributed by atoms with van der Waals surface area (Å²) < 4.78 is 1.93. The largest absolute Gasteiger partial charge is 0.293 e. The number of nitrogens with one attached hydrogen (secondary N) is 1. The first-order chi connectivity index (χ1) is 14.8. The normalized spacial score (nSPS) is 15.7. The molecule has 1 aliphatic rings. The van der Waals surface area contributed by atoms with Crippen LogP contribution < -0.4 is 5.32 Å². The third-order valence-corrected chi connectivity index (χ3v) is 5.65. The molecule has 0 saturated heterocycles. The number of nitrogens with zero attached hydrogens (tertiary/aromatic N) is 4. The van der Waals surface area contributed by atoms with Gasteiger partial charge in [-0.3, -0.25) is 15.1 Å². The minimum atomic E-state index is -0.0647. The fraction of sp³-hybridized carbons (Fsp3) is 0.250. The smallest absolute Gasteiger partial charge is 0.249 e. The Morgan fingerprint density at radius 1 is 1.07 bits per heavy atom. The molecule has 5 rings (SSSR count). The quantitative estimate of drug-likeness (QED) is 0.544. The minimum Gasteiger partial charge on any atom is -0.293 e. The third kappa shape index (κ3) is 3.68. The van der Waals surface area contributed by atoms with Crippen LogP contribution in [0, 0.1) is 0 Å². The maximum absolute atomic E-state index is 12.4. The Morgan fingerprint density at radius 3 is 2.83 bits per heavy atom. The second-order valence-corrected chi connectivity index (χ2v) is 7.67. The highest BCUT2D eigenvalue weighted by atomic mass is 16.1. The molecule has 2 aromatic carbocycles. The van der Waals surface area contributed by atoms with Gasteiger partial charge >= 0.3 is 0 Å². The Bertz CT molecular complexity index is 1180. The van der Waals surface area contributed by atoms with Crippen LogP contribution in [-0.2, 0) is 17.8 Å². The number of aromatic nitrogens is 4. The van der Waals surface area contributed by atoms with Gasteiger partial charge in [0, 0.05) is 30.5 Å². The summed E-state index contributed by atoms with van der Waals surface area (Å²) in [7, 11) is 0. The number of benzene rings is 2. The van der Waals surface area contributed by atoms with Gasteiger partial charge in [0.15, 0.2) is 0 Å². The number of amides is 1. The van der Waals surface area contributed by atoms with E-state index in [1.165, 1.54) is 5.56 Å². The molecule has 1 amide bonds. The van der Waals surface area contributed by atoms with E-state index in [0.717, 1.165) is 41.7 Å². The molecule has 0 radical (unpaired) electrons. The lowest BCUT2D eigenvalue weighted by Crippen LogP contribution is -2.18. The van der Waals surface area contributed by atoms with Crippen LogP contribution in [0.3, 0.4) is 0 Å². The van der Waals surface area contributed by atoms with Crippen LogP contribution in [-0.4, -0.2) is 25.7 Å². The van der Waals surface area contributed by atoms with Crippen LogP contribution >= 0.6 is 0 Å². The second-order valence-electron chi connectivity index (χ2n) is 7.67.